The maximum atomic E-state index is 14.0. The molecule has 0 bridgehead atoms. The van der Waals surface area contributed by atoms with Crippen LogP contribution in [0.1, 0.15) is 33.1 Å². The van der Waals surface area contributed by atoms with Gasteiger partial charge in [0.05, 0.1) is 6.61 Å². The van der Waals surface area contributed by atoms with E-state index in [0.717, 1.165) is 6.92 Å². The maximum absolute atomic E-state index is 14.0. The molecule has 0 amide bonds. The van der Waals surface area contributed by atoms with E-state index in [9.17, 15) is 75.4 Å². The van der Waals surface area contributed by atoms with Gasteiger partial charge in [0.2, 0.25) is 5.78 Å². The van der Waals surface area contributed by atoms with Gasteiger partial charge >= 0.3 is 47.7 Å². The monoisotopic (exact) mass is 540 g/mol. The summed E-state index contributed by atoms with van der Waals surface area (Å²) in [5.74, 6) is -57.1. The van der Waals surface area contributed by atoms with Gasteiger partial charge in [0.25, 0.3) is 0 Å². The van der Waals surface area contributed by atoms with Crippen LogP contribution < -0.4 is 0 Å². The molecule has 34 heavy (non-hydrogen) atoms. The highest BCUT2D eigenvalue weighted by Gasteiger charge is 2.94. The minimum absolute atomic E-state index is 0.0435. The number of Topliss-reactive ketones (excluding diaryl/α,β-unsaturated/α-hetero) is 1. The number of alkyl halides is 15. The molecule has 0 spiro atoms. The van der Waals surface area contributed by atoms with Gasteiger partial charge in [-0.05, 0) is 13.3 Å². The molecule has 0 N–H and O–H groups in total. The van der Waals surface area contributed by atoms with E-state index in [1.165, 1.54) is 6.92 Å². The van der Waals surface area contributed by atoms with Crippen LogP contribution in [0.3, 0.4) is 0 Å². The number of hydrogen-bond donors (Lipinski definition) is 0. The first kappa shape index (κ1) is 32.1. The summed E-state index contributed by atoms with van der Waals surface area (Å²) in [4.78, 5) is 23.4. The van der Waals surface area contributed by atoms with E-state index in [4.69, 9.17) is 0 Å². The first-order chi connectivity index (χ1) is 14.8. The quantitative estimate of drug-likeness (QED) is 0.166. The van der Waals surface area contributed by atoms with Crippen molar-refractivity contribution >= 4 is 11.8 Å². The Hall–Kier alpha value is -1.91. The van der Waals surface area contributed by atoms with Crippen molar-refractivity contribution in [3.05, 3.63) is 0 Å². The van der Waals surface area contributed by atoms with Gasteiger partial charge in [0, 0.05) is 0 Å². The molecule has 0 saturated carbocycles. The van der Waals surface area contributed by atoms with Crippen LogP contribution in [-0.2, 0) is 14.3 Å². The lowest BCUT2D eigenvalue weighted by Gasteiger charge is -2.41. The fourth-order valence-electron chi connectivity index (χ4n) is 2.35. The number of ketones is 1. The van der Waals surface area contributed by atoms with Gasteiger partial charge in [0.1, 0.15) is 5.92 Å². The molecule has 3 nitrogen and oxygen atoms in total. The number of halogens is 15. The van der Waals surface area contributed by atoms with Crippen molar-refractivity contribution in [1.82, 2.24) is 0 Å². The lowest BCUT2D eigenvalue weighted by molar-refractivity contribution is -0.449. The van der Waals surface area contributed by atoms with Gasteiger partial charge in [-0.3, -0.25) is 9.59 Å². The Bertz CT molecular complexity index is 742. The molecule has 1 atom stereocenters. The zero-order chi connectivity index (χ0) is 27.8. The zero-order valence-electron chi connectivity index (χ0n) is 16.8. The van der Waals surface area contributed by atoms with Crippen molar-refractivity contribution in [3.8, 4) is 0 Å². The Morgan fingerprint density at radius 2 is 1.03 bits per heavy atom. The van der Waals surface area contributed by atoms with Crippen LogP contribution in [0.5, 0.6) is 0 Å². The van der Waals surface area contributed by atoms with Crippen LogP contribution in [0, 0.1) is 5.92 Å². The van der Waals surface area contributed by atoms with Crippen molar-refractivity contribution in [3.63, 3.8) is 0 Å². The van der Waals surface area contributed by atoms with Crippen LogP contribution in [0.15, 0.2) is 0 Å². The lowest BCUT2D eigenvalue weighted by atomic mass is 9.85. The summed E-state index contributed by atoms with van der Waals surface area (Å²) in [6.45, 7) is 1.60. The zero-order valence-corrected chi connectivity index (χ0v) is 16.8. The molecule has 202 valence electrons. The minimum Gasteiger partial charge on any atom is -0.465 e. The topological polar surface area (TPSA) is 43.4 Å². The summed E-state index contributed by atoms with van der Waals surface area (Å²) in [7, 11) is 0. The summed E-state index contributed by atoms with van der Waals surface area (Å²) in [5, 5.41) is 0. The van der Waals surface area contributed by atoms with E-state index in [0.29, 0.717) is 0 Å². The second-order valence-corrected chi connectivity index (χ2v) is 6.76. The maximum Gasteiger partial charge on any atom is 0.460 e. The first-order valence-corrected chi connectivity index (χ1v) is 8.89. The predicted molar refractivity (Wildman–Crippen MR) is 80.4 cm³/mol. The second-order valence-electron chi connectivity index (χ2n) is 6.76. The average molecular weight is 540 g/mol. The molecular formula is C16H15F15O3. The molecule has 0 aromatic heterocycles. The van der Waals surface area contributed by atoms with Gasteiger partial charge in [0.15, 0.2) is 0 Å². The lowest BCUT2D eigenvalue weighted by Crippen LogP contribution is -2.73. The third-order valence-electron chi connectivity index (χ3n) is 4.37. The normalized spacial score (nSPS) is 15.8. The minimum atomic E-state index is -8.50. The Morgan fingerprint density at radius 3 is 1.38 bits per heavy atom. The molecule has 0 aromatic rings. The molecule has 0 fully saturated rings. The SMILES string of the molecule is CCCCC(C(=O)OCC)C(=O)C(F)(F)C(F)(F)C(F)(F)C(F)(F)C(F)(F)C(F)(F)C(F)(F)F. The van der Waals surface area contributed by atoms with E-state index in [1.807, 2.05) is 0 Å². The number of esters is 1. The highest BCUT2D eigenvalue weighted by atomic mass is 19.4. The number of carbonyl (C=O) groups is 2. The van der Waals surface area contributed by atoms with Gasteiger partial charge in [-0.1, -0.05) is 19.8 Å². The average Bonchev–Trinajstić information content (AvgIpc) is 2.66. The van der Waals surface area contributed by atoms with E-state index < -0.39 is 78.8 Å². The summed E-state index contributed by atoms with van der Waals surface area (Å²) < 4.78 is 202. The number of unbranched alkanes of at least 4 members (excludes halogenated alkanes) is 1. The van der Waals surface area contributed by atoms with Crippen LogP contribution in [0.2, 0.25) is 0 Å². The van der Waals surface area contributed by atoms with Crippen LogP contribution in [-0.4, -0.2) is 60.1 Å². The molecule has 1 unspecified atom stereocenters. The summed E-state index contributed by atoms with van der Waals surface area (Å²) >= 11 is 0. The Labute approximate surface area is 180 Å². The molecule has 0 aliphatic heterocycles. The molecular weight excluding hydrogens is 525 g/mol. The van der Waals surface area contributed by atoms with Crippen molar-refractivity contribution < 1.29 is 80.2 Å². The van der Waals surface area contributed by atoms with E-state index >= 15 is 0 Å². The highest BCUT2D eigenvalue weighted by Crippen LogP contribution is 2.62. The Balaban J connectivity index is 6.68. The Kier molecular flexibility index (Phi) is 9.08. The summed E-state index contributed by atoms with van der Waals surface area (Å²) in [6, 6.07) is 0. The van der Waals surface area contributed by atoms with Gasteiger partial charge in [-0.15, -0.1) is 0 Å². The van der Waals surface area contributed by atoms with E-state index in [2.05, 4.69) is 4.74 Å². The summed E-state index contributed by atoms with van der Waals surface area (Å²) in [5.41, 5.74) is 0. The van der Waals surface area contributed by atoms with Crippen molar-refractivity contribution in [2.75, 3.05) is 6.61 Å². The molecule has 0 aliphatic carbocycles. The van der Waals surface area contributed by atoms with Crippen LogP contribution in [0.4, 0.5) is 65.9 Å². The number of carbonyl (C=O) groups excluding carboxylic acids is 2. The largest absolute Gasteiger partial charge is 0.465 e. The molecule has 0 heterocycles. The van der Waals surface area contributed by atoms with Gasteiger partial charge in [-0.2, -0.15) is 65.9 Å². The standard InChI is InChI=1S/C16H15F15O3/c1-3-5-6-7(9(33)34-4-2)8(32)10(17,18)11(19,20)12(21,22)13(23,24)14(25,26)15(27,28)16(29,30)31/h7H,3-6H2,1-2H3. The van der Waals surface area contributed by atoms with E-state index in [1.54, 1.807) is 0 Å². The summed E-state index contributed by atoms with van der Waals surface area (Å²) in [6.07, 6.45) is -9.29. The van der Waals surface area contributed by atoms with Crippen molar-refractivity contribution in [1.29, 1.82) is 0 Å². The second kappa shape index (κ2) is 9.62. The first-order valence-electron chi connectivity index (χ1n) is 8.89. The highest BCUT2D eigenvalue weighted by molar-refractivity contribution is 6.03. The van der Waals surface area contributed by atoms with Gasteiger partial charge in [-0.25, -0.2) is 0 Å². The smallest absolute Gasteiger partial charge is 0.460 e. The number of hydrogen-bond acceptors (Lipinski definition) is 3. The molecule has 0 radical (unpaired) electrons. The molecule has 0 aromatic carbocycles. The number of rotatable bonds is 12. The Morgan fingerprint density at radius 1 is 0.647 bits per heavy atom. The molecule has 0 rings (SSSR count). The molecule has 0 saturated heterocycles. The third kappa shape index (κ3) is 4.77. The molecule has 18 heteroatoms. The van der Waals surface area contributed by atoms with E-state index in [-0.39, 0.29) is 6.42 Å². The predicted octanol–water partition coefficient (Wildman–Crippen LogP) is 6.30. The fourth-order valence-corrected chi connectivity index (χ4v) is 2.35. The van der Waals surface area contributed by atoms with Crippen molar-refractivity contribution in [2.45, 2.75) is 74.8 Å². The third-order valence-corrected chi connectivity index (χ3v) is 4.37. The van der Waals surface area contributed by atoms with Crippen LogP contribution in [0.25, 0.3) is 0 Å². The number of ether oxygens (including phenoxy) is 1. The van der Waals surface area contributed by atoms with Crippen molar-refractivity contribution in [2.24, 2.45) is 5.92 Å². The van der Waals surface area contributed by atoms with Gasteiger partial charge < -0.3 is 4.74 Å². The van der Waals surface area contributed by atoms with Crippen LogP contribution >= 0.6 is 0 Å². The molecule has 0 aliphatic rings. The fraction of sp³-hybridized carbons (Fsp3) is 0.875.